The molecule has 80 valence electrons. The molecule has 0 saturated heterocycles. The molecule has 0 atom stereocenters. The second-order valence-corrected chi connectivity index (χ2v) is 4.50. The first kappa shape index (κ1) is 11.2. The fourth-order valence-electron chi connectivity index (χ4n) is 1.32. The second-order valence-electron chi connectivity index (χ2n) is 3.25. The Hall–Kier alpha value is -1.29. The predicted molar refractivity (Wildman–Crippen MR) is 75.4 cm³/mol. The Morgan fingerprint density at radius 2 is 1.44 bits per heavy atom. The predicted octanol–water partition coefficient (Wildman–Crippen LogP) is 4.72. The van der Waals surface area contributed by atoms with Crippen molar-refractivity contribution in [2.75, 3.05) is 0 Å². The third-order valence-electron chi connectivity index (χ3n) is 2.09. The molecule has 0 unspecified atom stereocenters. The lowest BCUT2D eigenvalue weighted by Crippen LogP contribution is -1.61. The average Bonchev–Trinajstić information content (AvgIpc) is 2.79. The molecule has 0 spiro atoms. The average molecular weight is 322 g/mol. The van der Waals surface area contributed by atoms with Crippen LogP contribution in [0.3, 0.4) is 0 Å². The smallest absolute Gasteiger partial charge is 0.133 e. The number of hydrogen-bond acceptors (Lipinski definition) is 1. The van der Waals surface area contributed by atoms with Crippen LogP contribution in [-0.4, -0.2) is 0 Å². The molecule has 1 heterocycles. The van der Waals surface area contributed by atoms with Gasteiger partial charge in [-0.3, -0.25) is 0 Å². The van der Waals surface area contributed by atoms with E-state index in [4.69, 9.17) is 4.42 Å². The van der Waals surface area contributed by atoms with Crippen LogP contribution in [0.15, 0.2) is 71.3 Å². The van der Waals surface area contributed by atoms with Gasteiger partial charge < -0.3 is 4.42 Å². The van der Waals surface area contributed by atoms with Crippen molar-refractivity contribution in [3.05, 3.63) is 70.5 Å². The van der Waals surface area contributed by atoms with Gasteiger partial charge in [0.15, 0.2) is 0 Å². The van der Waals surface area contributed by atoms with Gasteiger partial charge in [-0.2, -0.15) is 0 Å². The lowest BCUT2D eigenvalue weighted by molar-refractivity contribution is 0.616. The Balaban J connectivity index is 0.000000125. The minimum absolute atomic E-state index is 0.956. The van der Waals surface area contributed by atoms with Gasteiger partial charge >= 0.3 is 0 Å². The largest absolute Gasteiger partial charge is 0.464 e. The van der Waals surface area contributed by atoms with Gasteiger partial charge in [0.25, 0.3) is 0 Å². The van der Waals surface area contributed by atoms with Crippen molar-refractivity contribution in [2.24, 2.45) is 0 Å². The summed E-state index contributed by atoms with van der Waals surface area (Å²) in [4.78, 5) is 0. The summed E-state index contributed by atoms with van der Waals surface area (Å²) in [7, 11) is 0. The van der Waals surface area contributed by atoms with Crippen LogP contribution >= 0.6 is 22.6 Å². The van der Waals surface area contributed by atoms with Crippen LogP contribution in [0, 0.1) is 3.57 Å². The zero-order chi connectivity index (χ0) is 11.2. The summed E-state index contributed by atoms with van der Waals surface area (Å²) in [5, 5.41) is 1.16. The van der Waals surface area contributed by atoms with Crippen LogP contribution in [0.1, 0.15) is 0 Å². The molecule has 0 radical (unpaired) electrons. The summed E-state index contributed by atoms with van der Waals surface area (Å²) in [6.07, 6.45) is 1.70. The molecular weight excluding hydrogens is 311 g/mol. The van der Waals surface area contributed by atoms with Crippen LogP contribution < -0.4 is 0 Å². The van der Waals surface area contributed by atoms with E-state index in [9.17, 15) is 0 Å². The highest BCUT2D eigenvalue weighted by atomic mass is 127. The molecule has 3 aromatic rings. The lowest BCUT2D eigenvalue weighted by atomic mass is 10.3. The Bertz CT molecular complexity index is 512. The number of para-hydroxylation sites is 1. The molecule has 16 heavy (non-hydrogen) atoms. The van der Waals surface area contributed by atoms with E-state index in [1.54, 1.807) is 6.26 Å². The standard InChI is InChI=1S/C8H6O.C6H5I/c1-2-4-8-7(3-1)5-6-9-8;7-6-4-2-1-3-5-6/h1-6H;1-5H. The van der Waals surface area contributed by atoms with E-state index in [-0.39, 0.29) is 0 Å². The second kappa shape index (κ2) is 5.70. The third kappa shape index (κ3) is 3.10. The number of rotatable bonds is 0. The summed E-state index contributed by atoms with van der Waals surface area (Å²) in [6, 6.07) is 20.1. The van der Waals surface area contributed by atoms with Crippen LogP contribution in [-0.2, 0) is 0 Å². The first-order valence-electron chi connectivity index (χ1n) is 4.99. The van der Waals surface area contributed by atoms with E-state index in [0.29, 0.717) is 0 Å². The maximum absolute atomic E-state index is 5.12. The number of halogens is 1. The number of fused-ring (bicyclic) bond motifs is 1. The molecule has 0 bridgehead atoms. The van der Waals surface area contributed by atoms with Gasteiger partial charge in [-0.05, 0) is 46.9 Å². The Labute approximate surface area is 108 Å². The highest BCUT2D eigenvalue weighted by Gasteiger charge is 1.89. The highest BCUT2D eigenvalue weighted by Crippen LogP contribution is 2.12. The Morgan fingerprint density at radius 1 is 0.750 bits per heavy atom. The van der Waals surface area contributed by atoms with E-state index < -0.39 is 0 Å². The molecule has 0 N–H and O–H groups in total. The van der Waals surface area contributed by atoms with Crippen molar-refractivity contribution in [1.29, 1.82) is 0 Å². The van der Waals surface area contributed by atoms with E-state index in [0.717, 1.165) is 11.0 Å². The monoisotopic (exact) mass is 322 g/mol. The van der Waals surface area contributed by atoms with E-state index in [1.807, 2.05) is 48.5 Å². The van der Waals surface area contributed by atoms with Crippen LogP contribution in [0.4, 0.5) is 0 Å². The zero-order valence-electron chi connectivity index (χ0n) is 8.64. The molecule has 1 nitrogen and oxygen atoms in total. The summed E-state index contributed by atoms with van der Waals surface area (Å²) < 4.78 is 6.41. The Morgan fingerprint density at radius 3 is 2.06 bits per heavy atom. The fraction of sp³-hybridized carbons (Fsp3) is 0. The maximum Gasteiger partial charge on any atom is 0.133 e. The molecule has 0 fully saturated rings. The van der Waals surface area contributed by atoms with Crippen molar-refractivity contribution < 1.29 is 4.42 Å². The first-order chi connectivity index (χ1) is 7.86. The van der Waals surface area contributed by atoms with Crippen molar-refractivity contribution >= 4 is 33.6 Å². The van der Waals surface area contributed by atoms with Crippen molar-refractivity contribution in [2.45, 2.75) is 0 Å². The number of furan rings is 1. The lowest BCUT2D eigenvalue weighted by Gasteiger charge is -1.81. The van der Waals surface area contributed by atoms with E-state index in [2.05, 4.69) is 34.7 Å². The van der Waals surface area contributed by atoms with Gasteiger partial charge in [0.05, 0.1) is 6.26 Å². The van der Waals surface area contributed by atoms with Gasteiger partial charge in [0, 0.05) is 8.96 Å². The van der Waals surface area contributed by atoms with Gasteiger partial charge in [-0.25, -0.2) is 0 Å². The summed E-state index contributed by atoms with van der Waals surface area (Å²) in [5.74, 6) is 0. The molecule has 0 aliphatic heterocycles. The molecule has 3 rings (SSSR count). The summed E-state index contributed by atoms with van der Waals surface area (Å²) >= 11 is 2.28. The Kier molecular flexibility index (Phi) is 3.99. The molecule has 0 aliphatic carbocycles. The zero-order valence-corrected chi connectivity index (χ0v) is 10.8. The third-order valence-corrected chi connectivity index (χ3v) is 2.81. The molecule has 2 heteroatoms. The van der Waals surface area contributed by atoms with Crippen molar-refractivity contribution in [1.82, 2.24) is 0 Å². The minimum atomic E-state index is 0.956. The fourth-order valence-corrected chi connectivity index (χ4v) is 1.74. The maximum atomic E-state index is 5.12. The van der Waals surface area contributed by atoms with Gasteiger partial charge in [0.1, 0.15) is 5.58 Å². The highest BCUT2D eigenvalue weighted by molar-refractivity contribution is 14.1. The van der Waals surface area contributed by atoms with Crippen LogP contribution in [0.2, 0.25) is 0 Å². The van der Waals surface area contributed by atoms with E-state index >= 15 is 0 Å². The topological polar surface area (TPSA) is 13.1 Å². The number of hydrogen-bond donors (Lipinski definition) is 0. The normalized spacial score (nSPS) is 9.56. The summed E-state index contributed by atoms with van der Waals surface area (Å²) in [6.45, 7) is 0. The van der Waals surface area contributed by atoms with Gasteiger partial charge in [-0.1, -0.05) is 36.4 Å². The van der Waals surface area contributed by atoms with Gasteiger partial charge in [0.2, 0.25) is 0 Å². The molecule has 2 aromatic carbocycles. The quantitative estimate of drug-likeness (QED) is 0.546. The van der Waals surface area contributed by atoms with Gasteiger partial charge in [-0.15, -0.1) is 0 Å². The molecular formula is C14H11IO. The van der Waals surface area contributed by atoms with Crippen molar-refractivity contribution in [3.63, 3.8) is 0 Å². The van der Waals surface area contributed by atoms with Crippen LogP contribution in [0.5, 0.6) is 0 Å². The van der Waals surface area contributed by atoms with Crippen molar-refractivity contribution in [3.8, 4) is 0 Å². The number of benzene rings is 2. The minimum Gasteiger partial charge on any atom is -0.464 e. The SMILES string of the molecule is Ic1ccccc1.c1ccc2occc2c1. The molecule has 0 amide bonds. The molecule has 1 aromatic heterocycles. The summed E-state index contributed by atoms with van der Waals surface area (Å²) in [5.41, 5.74) is 0.956. The molecule has 0 saturated carbocycles. The first-order valence-corrected chi connectivity index (χ1v) is 6.07. The van der Waals surface area contributed by atoms with Crippen LogP contribution in [0.25, 0.3) is 11.0 Å². The molecule has 0 aliphatic rings. The van der Waals surface area contributed by atoms with E-state index in [1.165, 1.54) is 3.57 Å².